The minimum Gasteiger partial charge on any atom is -0.364 e. The average Bonchev–Trinajstić information content (AvgIpc) is 3.26. The van der Waals surface area contributed by atoms with Crippen LogP contribution in [0.2, 0.25) is 0 Å². The molecule has 0 radical (unpaired) electrons. The van der Waals surface area contributed by atoms with Crippen molar-refractivity contribution in [3.05, 3.63) is 41.2 Å². The molecular formula is C15H16N6OS. The van der Waals surface area contributed by atoms with Gasteiger partial charge >= 0.3 is 0 Å². The number of aromatic nitrogens is 4. The lowest BCUT2D eigenvalue weighted by molar-refractivity contribution is 0.0787. The first-order valence-electron chi connectivity index (χ1n) is 7.48. The van der Waals surface area contributed by atoms with Crippen LogP contribution < -0.4 is 5.32 Å². The molecule has 3 aromatic rings. The predicted octanol–water partition coefficient (Wildman–Crippen LogP) is 1.82. The van der Waals surface area contributed by atoms with Gasteiger partial charge in [-0.2, -0.15) is 4.37 Å². The molecule has 1 N–H and O–H groups in total. The fourth-order valence-corrected chi connectivity index (χ4v) is 3.33. The summed E-state index contributed by atoms with van der Waals surface area (Å²) in [5.74, 6) is 0.802. The van der Waals surface area contributed by atoms with Gasteiger partial charge in [-0.15, -0.1) is 5.10 Å². The maximum Gasteiger partial charge on any atom is 0.273 e. The Hall–Kier alpha value is -2.48. The molecule has 0 aliphatic carbocycles. The lowest BCUT2D eigenvalue weighted by Crippen LogP contribution is -2.31. The quantitative estimate of drug-likeness (QED) is 0.794. The first-order chi connectivity index (χ1) is 11.2. The molecule has 3 aromatic heterocycles. The van der Waals surface area contributed by atoms with Gasteiger partial charge in [-0.1, -0.05) is 0 Å². The van der Waals surface area contributed by atoms with Crippen molar-refractivity contribution in [2.45, 2.75) is 19.4 Å². The Kier molecular flexibility index (Phi) is 3.45. The van der Waals surface area contributed by atoms with Crippen molar-refractivity contribution in [2.75, 3.05) is 18.4 Å². The van der Waals surface area contributed by atoms with Crippen LogP contribution in [0.4, 0.5) is 5.82 Å². The van der Waals surface area contributed by atoms with Crippen molar-refractivity contribution in [3.8, 4) is 0 Å². The van der Waals surface area contributed by atoms with Gasteiger partial charge in [0, 0.05) is 36.4 Å². The SMILES string of the molecule is Cc1cc(C(=O)N2CCC(Nc3ccc4nccn4n3)C2)ns1. The number of hydrogen-bond donors (Lipinski definition) is 1. The van der Waals surface area contributed by atoms with Crippen LogP contribution in [0, 0.1) is 6.92 Å². The minimum atomic E-state index is 0.0108. The summed E-state index contributed by atoms with van der Waals surface area (Å²) in [6, 6.07) is 5.89. The highest BCUT2D eigenvalue weighted by atomic mass is 32.1. The fourth-order valence-electron chi connectivity index (χ4n) is 2.79. The number of anilines is 1. The van der Waals surface area contributed by atoms with E-state index < -0.39 is 0 Å². The minimum absolute atomic E-state index is 0.0108. The Morgan fingerprint density at radius 2 is 2.35 bits per heavy atom. The Bertz CT molecular complexity index is 856. The van der Waals surface area contributed by atoms with Gasteiger partial charge in [0.05, 0.1) is 0 Å². The number of imidazole rings is 1. The molecule has 1 saturated heterocycles. The van der Waals surface area contributed by atoms with Crippen LogP contribution in [-0.4, -0.2) is 48.9 Å². The van der Waals surface area contributed by atoms with Crippen LogP contribution in [0.15, 0.2) is 30.6 Å². The maximum atomic E-state index is 12.4. The van der Waals surface area contributed by atoms with E-state index in [4.69, 9.17) is 0 Å². The van der Waals surface area contributed by atoms with E-state index in [1.807, 2.05) is 36.2 Å². The van der Waals surface area contributed by atoms with Crippen molar-refractivity contribution in [2.24, 2.45) is 0 Å². The maximum absolute atomic E-state index is 12.4. The predicted molar refractivity (Wildman–Crippen MR) is 87.8 cm³/mol. The molecule has 4 heterocycles. The van der Waals surface area contributed by atoms with Crippen LogP contribution in [-0.2, 0) is 0 Å². The van der Waals surface area contributed by atoms with Crippen LogP contribution in [0.5, 0.6) is 0 Å². The number of likely N-dealkylation sites (tertiary alicyclic amines) is 1. The van der Waals surface area contributed by atoms with Gasteiger partial charge in [-0.3, -0.25) is 4.79 Å². The van der Waals surface area contributed by atoms with Gasteiger partial charge in [-0.25, -0.2) is 9.50 Å². The van der Waals surface area contributed by atoms with Crippen molar-refractivity contribution >= 4 is 28.9 Å². The molecule has 0 aromatic carbocycles. The average molecular weight is 328 g/mol. The van der Waals surface area contributed by atoms with Crippen molar-refractivity contribution in [1.82, 2.24) is 23.9 Å². The topological polar surface area (TPSA) is 75.4 Å². The van der Waals surface area contributed by atoms with E-state index in [0.29, 0.717) is 12.2 Å². The van der Waals surface area contributed by atoms with E-state index in [9.17, 15) is 4.79 Å². The summed E-state index contributed by atoms with van der Waals surface area (Å²) in [7, 11) is 0. The molecule has 1 aliphatic heterocycles. The molecule has 1 fully saturated rings. The summed E-state index contributed by atoms with van der Waals surface area (Å²) in [6.45, 7) is 3.36. The summed E-state index contributed by atoms with van der Waals surface area (Å²) in [4.78, 5) is 19.5. The molecule has 0 saturated carbocycles. The highest BCUT2D eigenvalue weighted by Crippen LogP contribution is 2.18. The molecule has 1 atom stereocenters. The summed E-state index contributed by atoms with van der Waals surface area (Å²) in [6.07, 6.45) is 4.44. The Morgan fingerprint density at radius 3 is 3.17 bits per heavy atom. The third kappa shape index (κ3) is 2.77. The Balaban J connectivity index is 1.42. The van der Waals surface area contributed by atoms with E-state index >= 15 is 0 Å². The van der Waals surface area contributed by atoms with Gasteiger partial charge in [-0.05, 0) is 43.1 Å². The monoisotopic (exact) mass is 328 g/mol. The largest absolute Gasteiger partial charge is 0.364 e. The van der Waals surface area contributed by atoms with E-state index in [0.717, 1.165) is 29.3 Å². The number of nitrogens with one attached hydrogen (secondary N) is 1. The molecule has 1 aliphatic rings. The third-order valence-electron chi connectivity index (χ3n) is 3.93. The fraction of sp³-hybridized carbons (Fsp3) is 0.333. The second-order valence-electron chi connectivity index (χ2n) is 5.65. The number of carbonyl (C=O) groups is 1. The molecular weight excluding hydrogens is 312 g/mol. The zero-order valence-electron chi connectivity index (χ0n) is 12.6. The molecule has 0 bridgehead atoms. The summed E-state index contributed by atoms with van der Waals surface area (Å²) < 4.78 is 5.94. The second-order valence-corrected chi connectivity index (χ2v) is 6.66. The lowest BCUT2D eigenvalue weighted by Gasteiger charge is -2.16. The highest BCUT2D eigenvalue weighted by molar-refractivity contribution is 7.05. The van der Waals surface area contributed by atoms with Gasteiger partial charge < -0.3 is 10.2 Å². The van der Waals surface area contributed by atoms with Crippen LogP contribution in [0.3, 0.4) is 0 Å². The first-order valence-corrected chi connectivity index (χ1v) is 8.26. The summed E-state index contributed by atoms with van der Waals surface area (Å²) >= 11 is 1.37. The smallest absolute Gasteiger partial charge is 0.273 e. The molecule has 118 valence electrons. The first kappa shape index (κ1) is 14.1. The van der Waals surface area contributed by atoms with Gasteiger partial charge in [0.1, 0.15) is 11.5 Å². The lowest BCUT2D eigenvalue weighted by atomic mass is 10.2. The molecule has 8 heteroatoms. The Morgan fingerprint density at radius 1 is 1.43 bits per heavy atom. The van der Waals surface area contributed by atoms with Crippen LogP contribution >= 0.6 is 11.5 Å². The van der Waals surface area contributed by atoms with Crippen LogP contribution in [0.25, 0.3) is 5.65 Å². The molecule has 1 unspecified atom stereocenters. The Labute approximate surface area is 137 Å². The van der Waals surface area contributed by atoms with Gasteiger partial charge in [0.2, 0.25) is 0 Å². The van der Waals surface area contributed by atoms with Crippen LogP contribution in [0.1, 0.15) is 21.8 Å². The van der Waals surface area contributed by atoms with E-state index in [1.54, 1.807) is 10.7 Å². The van der Waals surface area contributed by atoms with Crippen molar-refractivity contribution in [1.29, 1.82) is 0 Å². The molecule has 7 nitrogen and oxygen atoms in total. The normalized spacial score (nSPS) is 17.8. The molecule has 23 heavy (non-hydrogen) atoms. The number of nitrogens with zero attached hydrogens (tertiary/aromatic N) is 5. The number of aryl methyl sites for hydroxylation is 1. The highest BCUT2D eigenvalue weighted by Gasteiger charge is 2.28. The van der Waals surface area contributed by atoms with E-state index in [1.165, 1.54) is 11.5 Å². The van der Waals surface area contributed by atoms with Crippen molar-refractivity contribution < 1.29 is 4.79 Å². The van der Waals surface area contributed by atoms with Crippen molar-refractivity contribution in [3.63, 3.8) is 0 Å². The standard InChI is InChI=1S/C15H16N6OS/c1-10-8-12(19-23-10)15(22)20-6-4-11(9-20)17-13-2-3-14-16-5-7-21(14)18-13/h2-3,5,7-8,11H,4,6,9H2,1H3,(H,17,18). The molecule has 0 spiro atoms. The molecule has 1 amide bonds. The number of carbonyl (C=O) groups excluding carboxylic acids is 1. The summed E-state index contributed by atoms with van der Waals surface area (Å²) in [5, 5.41) is 7.85. The number of amides is 1. The number of rotatable bonds is 3. The van der Waals surface area contributed by atoms with E-state index in [2.05, 4.69) is 19.8 Å². The number of fused-ring (bicyclic) bond motifs is 1. The van der Waals surface area contributed by atoms with Gasteiger partial charge in [0.15, 0.2) is 5.65 Å². The summed E-state index contributed by atoms with van der Waals surface area (Å²) in [5.41, 5.74) is 1.36. The van der Waals surface area contributed by atoms with E-state index in [-0.39, 0.29) is 11.9 Å². The van der Waals surface area contributed by atoms with Gasteiger partial charge in [0.25, 0.3) is 5.91 Å². The number of hydrogen-bond acceptors (Lipinski definition) is 6. The zero-order valence-corrected chi connectivity index (χ0v) is 13.5. The third-order valence-corrected chi connectivity index (χ3v) is 4.62. The molecule has 4 rings (SSSR count). The zero-order chi connectivity index (χ0) is 15.8. The second kappa shape index (κ2) is 5.62.